The van der Waals surface area contributed by atoms with Crippen molar-refractivity contribution < 1.29 is 22.7 Å². The second-order valence-electron chi connectivity index (χ2n) is 3.68. The molecule has 16 heavy (non-hydrogen) atoms. The van der Waals surface area contributed by atoms with Crippen LogP contribution in [-0.2, 0) is 24.1 Å². The Kier molecular flexibility index (Phi) is 5.17. The fraction of sp³-hybridized carbons (Fsp3) is 0.889. The normalized spacial score (nSPS) is 23.9. The molecule has 0 aromatic rings. The van der Waals surface area contributed by atoms with Crippen molar-refractivity contribution in [3.63, 3.8) is 0 Å². The van der Waals surface area contributed by atoms with Gasteiger partial charge in [-0.3, -0.25) is 4.79 Å². The van der Waals surface area contributed by atoms with Crippen LogP contribution >= 0.6 is 0 Å². The van der Waals surface area contributed by atoms with Gasteiger partial charge < -0.3 is 14.8 Å². The fourth-order valence-electron chi connectivity index (χ4n) is 1.50. The first kappa shape index (κ1) is 13.4. The molecular formula is C9H17NO5S. The van der Waals surface area contributed by atoms with E-state index in [2.05, 4.69) is 5.32 Å². The van der Waals surface area contributed by atoms with Crippen molar-refractivity contribution in [2.75, 3.05) is 38.4 Å². The Bertz CT molecular complexity index is 327. The van der Waals surface area contributed by atoms with Crippen LogP contribution < -0.4 is 5.32 Å². The zero-order chi connectivity index (χ0) is 12.0. The second kappa shape index (κ2) is 6.17. The number of carbonyl (C=O) groups is 1. The van der Waals surface area contributed by atoms with Gasteiger partial charge in [0.25, 0.3) is 0 Å². The van der Waals surface area contributed by atoms with Crippen molar-refractivity contribution in [3.05, 3.63) is 0 Å². The maximum Gasteiger partial charge on any atom is 0.307 e. The Labute approximate surface area is 95.2 Å². The summed E-state index contributed by atoms with van der Waals surface area (Å²) in [5, 5.41) is 2.98. The van der Waals surface area contributed by atoms with Crippen LogP contribution in [0.15, 0.2) is 0 Å². The van der Waals surface area contributed by atoms with Gasteiger partial charge in [-0.05, 0) is 0 Å². The highest BCUT2D eigenvalue weighted by molar-refractivity contribution is 7.91. The zero-order valence-corrected chi connectivity index (χ0v) is 10.1. The third kappa shape index (κ3) is 4.91. The van der Waals surface area contributed by atoms with Crippen LogP contribution in [-0.4, -0.2) is 58.8 Å². The van der Waals surface area contributed by atoms with Gasteiger partial charge in [-0.25, -0.2) is 8.42 Å². The molecule has 0 spiro atoms. The molecule has 1 rings (SSSR count). The van der Waals surface area contributed by atoms with Crippen LogP contribution in [0.25, 0.3) is 0 Å². The van der Waals surface area contributed by atoms with Crippen LogP contribution in [0.4, 0.5) is 0 Å². The average molecular weight is 251 g/mol. The molecule has 0 aliphatic carbocycles. The van der Waals surface area contributed by atoms with E-state index < -0.39 is 15.8 Å². The molecule has 1 saturated heterocycles. The highest BCUT2D eigenvalue weighted by Gasteiger charge is 2.26. The molecule has 1 aliphatic heterocycles. The molecule has 0 saturated carbocycles. The van der Waals surface area contributed by atoms with E-state index in [0.29, 0.717) is 13.2 Å². The van der Waals surface area contributed by atoms with Gasteiger partial charge >= 0.3 is 5.97 Å². The molecule has 1 aliphatic rings. The molecule has 1 atom stereocenters. The Hall–Kier alpha value is -0.660. The van der Waals surface area contributed by atoms with E-state index in [1.165, 1.54) is 7.11 Å². The van der Waals surface area contributed by atoms with Crippen LogP contribution in [0, 0.1) is 0 Å². The third-order valence-corrected chi connectivity index (χ3v) is 4.00. The summed E-state index contributed by atoms with van der Waals surface area (Å²) in [6.45, 7) is 0.954. The minimum absolute atomic E-state index is 0.00633. The summed E-state index contributed by atoms with van der Waals surface area (Å²) in [6.07, 6.45) is 0.0863. The second-order valence-corrected chi connectivity index (χ2v) is 5.91. The van der Waals surface area contributed by atoms with E-state index in [1.807, 2.05) is 0 Å². The molecule has 6 nitrogen and oxygen atoms in total. The summed E-state index contributed by atoms with van der Waals surface area (Å²) < 4.78 is 32.2. The van der Waals surface area contributed by atoms with Gasteiger partial charge in [0.05, 0.1) is 24.5 Å². The zero-order valence-electron chi connectivity index (χ0n) is 9.27. The minimum Gasteiger partial charge on any atom is -0.463 e. The highest BCUT2D eigenvalue weighted by Crippen LogP contribution is 2.05. The van der Waals surface area contributed by atoms with Crippen molar-refractivity contribution in [2.45, 2.75) is 12.5 Å². The van der Waals surface area contributed by atoms with E-state index in [1.54, 1.807) is 0 Å². The molecule has 0 aromatic heterocycles. The van der Waals surface area contributed by atoms with Gasteiger partial charge in [0.15, 0.2) is 9.84 Å². The lowest BCUT2D eigenvalue weighted by molar-refractivity contribution is -0.145. The third-order valence-electron chi connectivity index (χ3n) is 2.26. The lowest BCUT2D eigenvalue weighted by Crippen LogP contribution is -2.46. The Morgan fingerprint density at radius 3 is 2.81 bits per heavy atom. The van der Waals surface area contributed by atoms with Crippen molar-refractivity contribution in [3.8, 4) is 0 Å². The topological polar surface area (TPSA) is 81.7 Å². The quantitative estimate of drug-likeness (QED) is 0.496. The van der Waals surface area contributed by atoms with Gasteiger partial charge in [-0.15, -0.1) is 0 Å². The van der Waals surface area contributed by atoms with Crippen LogP contribution in [0.2, 0.25) is 0 Å². The number of esters is 1. The van der Waals surface area contributed by atoms with Gasteiger partial charge in [0, 0.05) is 19.7 Å². The minimum atomic E-state index is -3.00. The largest absolute Gasteiger partial charge is 0.463 e. The maximum atomic E-state index is 11.3. The van der Waals surface area contributed by atoms with Gasteiger partial charge in [-0.1, -0.05) is 0 Å². The molecule has 0 bridgehead atoms. The Morgan fingerprint density at radius 2 is 2.19 bits per heavy atom. The molecular weight excluding hydrogens is 234 g/mol. The number of hydrogen-bond acceptors (Lipinski definition) is 6. The molecule has 1 unspecified atom stereocenters. The summed E-state index contributed by atoms with van der Waals surface area (Å²) >= 11 is 0. The first-order valence-corrected chi connectivity index (χ1v) is 6.94. The summed E-state index contributed by atoms with van der Waals surface area (Å²) in [7, 11) is -1.48. The number of hydrogen-bond donors (Lipinski definition) is 1. The van der Waals surface area contributed by atoms with E-state index in [9.17, 15) is 13.2 Å². The number of rotatable bonds is 5. The average Bonchev–Trinajstić information content (AvgIpc) is 2.16. The molecule has 1 fully saturated rings. The van der Waals surface area contributed by atoms with E-state index in [0.717, 1.165) is 0 Å². The first-order valence-electron chi connectivity index (χ1n) is 5.12. The van der Waals surface area contributed by atoms with Gasteiger partial charge in [0.2, 0.25) is 0 Å². The predicted molar refractivity (Wildman–Crippen MR) is 57.9 cm³/mol. The van der Waals surface area contributed by atoms with Crippen molar-refractivity contribution in [2.24, 2.45) is 0 Å². The van der Waals surface area contributed by atoms with Crippen molar-refractivity contribution >= 4 is 15.8 Å². The predicted octanol–water partition coefficient (Wildman–Crippen LogP) is -1.05. The van der Waals surface area contributed by atoms with Crippen LogP contribution in [0.1, 0.15) is 6.42 Å². The van der Waals surface area contributed by atoms with Gasteiger partial charge in [-0.2, -0.15) is 0 Å². The van der Waals surface area contributed by atoms with Crippen molar-refractivity contribution in [1.29, 1.82) is 0 Å². The maximum absolute atomic E-state index is 11.3. The lowest BCUT2D eigenvalue weighted by Gasteiger charge is -2.22. The number of nitrogens with one attached hydrogen (secondary N) is 1. The van der Waals surface area contributed by atoms with E-state index >= 15 is 0 Å². The number of sulfone groups is 1. The molecule has 0 amide bonds. The molecule has 1 N–H and O–H groups in total. The summed E-state index contributed by atoms with van der Waals surface area (Å²) in [5.74, 6) is -0.249. The van der Waals surface area contributed by atoms with E-state index in [4.69, 9.17) is 9.47 Å². The molecule has 7 heteroatoms. The standard InChI is InChI=1S/C9H17NO5S/c1-14-3-4-15-9(11)6-8-7-16(12,13)5-2-10-8/h8,10H,2-7H2,1H3. The molecule has 0 aromatic carbocycles. The summed E-state index contributed by atoms with van der Waals surface area (Å²) in [5.41, 5.74) is 0. The summed E-state index contributed by atoms with van der Waals surface area (Å²) in [4.78, 5) is 11.3. The Balaban J connectivity index is 2.28. The fourth-order valence-corrected chi connectivity index (χ4v) is 2.94. The van der Waals surface area contributed by atoms with Crippen LogP contribution in [0.5, 0.6) is 0 Å². The number of carbonyl (C=O) groups excluding carboxylic acids is 1. The van der Waals surface area contributed by atoms with Gasteiger partial charge in [0.1, 0.15) is 6.61 Å². The number of ether oxygens (including phenoxy) is 2. The smallest absolute Gasteiger partial charge is 0.307 e. The SMILES string of the molecule is COCCOC(=O)CC1CS(=O)(=O)CCN1. The van der Waals surface area contributed by atoms with Crippen LogP contribution in [0.3, 0.4) is 0 Å². The highest BCUT2D eigenvalue weighted by atomic mass is 32.2. The summed E-state index contributed by atoms with van der Waals surface area (Å²) in [6, 6.07) is -0.325. The number of methoxy groups -OCH3 is 1. The Morgan fingerprint density at radius 1 is 1.44 bits per heavy atom. The molecule has 0 radical (unpaired) electrons. The van der Waals surface area contributed by atoms with E-state index in [-0.39, 0.29) is 30.6 Å². The van der Waals surface area contributed by atoms with Crippen molar-refractivity contribution in [1.82, 2.24) is 5.32 Å². The molecule has 94 valence electrons. The lowest BCUT2D eigenvalue weighted by atomic mass is 10.2. The molecule has 1 heterocycles. The monoisotopic (exact) mass is 251 g/mol. The first-order chi connectivity index (χ1) is 7.53.